The molecule has 0 atom stereocenters. The predicted molar refractivity (Wildman–Crippen MR) is 204 cm³/mol. The largest absolute Gasteiger partial charge is 0.393 e. The molecule has 0 aromatic rings. The molecule has 0 N–H and O–H groups in total. The van der Waals surface area contributed by atoms with Crippen molar-refractivity contribution in [1.29, 1.82) is 0 Å². The number of carbonyl (C=O) groups is 2. The maximum Gasteiger partial charge on any atom is 0.313 e. The third-order valence-electron chi connectivity index (χ3n) is 9.15. The number of carbonyl (C=O) groups excluding carboxylic acids is 2. The second-order valence-corrected chi connectivity index (χ2v) is 14.0. The minimum atomic E-state index is -0.339. The molecule has 3 nitrogen and oxygen atoms in total. The van der Waals surface area contributed by atoms with Gasteiger partial charge < -0.3 is 4.74 Å². The first-order valence-corrected chi connectivity index (χ1v) is 20.9. The lowest BCUT2D eigenvalue weighted by molar-refractivity contribution is -0.159. The van der Waals surface area contributed by atoms with E-state index in [2.05, 4.69) is 37.5 Å². The zero-order valence-corrected chi connectivity index (χ0v) is 31.7. The molecular formula is C44H78O3. The van der Waals surface area contributed by atoms with Crippen molar-refractivity contribution in [2.75, 3.05) is 0 Å². The lowest BCUT2D eigenvalue weighted by Crippen LogP contribution is -2.11. The highest BCUT2D eigenvalue weighted by molar-refractivity contribution is 5.85. The molecule has 0 bridgehead atoms. The zero-order valence-electron chi connectivity index (χ0n) is 31.7. The lowest BCUT2D eigenvalue weighted by Gasteiger charge is -2.04. The summed E-state index contributed by atoms with van der Waals surface area (Å²) in [6.07, 6.45) is 42.6. The standard InChI is InChI=1S/C44H78O3/c1-3-5-7-9-11-13-15-17-19-21-23-25-27-29-31-33-35-37-39-41-43(45)47-44(46)42-40-38-36-34-32-30-28-26-24-22-20-18-16-14-12-10-8-6-4-2/h3-16,21-42H2,1-2H3. The van der Waals surface area contributed by atoms with Gasteiger partial charge in [0.05, 0.1) is 0 Å². The SMILES string of the molecule is CCCCCCCCC#CCCCCCCCCCCCC(=O)OC(=O)CCCCCCCCCCCC#CCCCCCCCC. The van der Waals surface area contributed by atoms with Gasteiger partial charge in [-0.1, -0.05) is 168 Å². The van der Waals surface area contributed by atoms with E-state index in [1.165, 1.54) is 167 Å². The first kappa shape index (κ1) is 45.3. The second-order valence-electron chi connectivity index (χ2n) is 14.0. The minimum absolute atomic E-state index is 0.339. The van der Waals surface area contributed by atoms with Gasteiger partial charge in [-0.05, 0) is 38.5 Å². The molecule has 47 heavy (non-hydrogen) atoms. The number of esters is 2. The highest BCUT2D eigenvalue weighted by Gasteiger charge is 2.10. The lowest BCUT2D eigenvalue weighted by atomic mass is 10.1. The van der Waals surface area contributed by atoms with Crippen molar-refractivity contribution in [2.45, 2.75) is 245 Å². The Morgan fingerprint density at radius 3 is 0.787 bits per heavy atom. The van der Waals surface area contributed by atoms with Crippen LogP contribution >= 0.6 is 0 Å². The minimum Gasteiger partial charge on any atom is -0.393 e. The summed E-state index contributed by atoms with van der Waals surface area (Å²) in [4.78, 5) is 24.0. The molecule has 0 saturated heterocycles. The molecular weight excluding hydrogens is 576 g/mol. The van der Waals surface area contributed by atoms with Gasteiger partial charge in [0.25, 0.3) is 0 Å². The third-order valence-corrected chi connectivity index (χ3v) is 9.15. The van der Waals surface area contributed by atoms with E-state index in [4.69, 9.17) is 4.74 Å². The molecule has 0 rings (SSSR count). The Labute approximate surface area is 294 Å². The molecule has 0 amide bonds. The molecule has 0 spiro atoms. The van der Waals surface area contributed by atoms with E-state index < -0.39 is 0 Å². The van der Waals surface area contributed by atoms with Crippen molar-refractivity contribution in [3.05, 3.63) is 0 Å². The Hall–Kier alpha value is -1.74. The van der Waals surface area contributed by atoms with Crippen molar-refractivity contribution in [2.24, 2.45) is 0 Å². The molecule has 0 aliphatic carbocycles. The normalized spacial score (nSPS) is 10.7. The first-order valence-electron chi connectivity index (χ1n) is 20.9. The Kier molecular flexibility index (Phi) is 38.9. The van der Waals surface area contributed by atoms with Crippen molar-refractivity contribution in [3.8, 4) is 23.7 Å². The molecule has 3 heteroatoms. The van der Waals surface area contributed by atoms with Crippen molar-refractivity contribution in [3.63, 3.8) is 0 Å². The summed E-state index contributed by atoms with van der Waals surface area (Å²) in [5, 5.41) is 0. The van der Waals surface area contributed by atoms with Gasteiger partial charge in [-0.15, -0.1) is 23.7 Å². The third kappa shape index (κ3) is 40.4. The smallest absolute Gasteiger partial charge is 0.313 e. The van der Waals surface area contributed by atoms with E-state index in [1.54, 1.807) is 0 Å². The number of unbranched alkanes of at least 4 members (excludes halogenated alkanes) is 30. The van der Waals surface area contributed by atoms with E-state index in [0.29, 0.717) is 12.8 Å². The van der Waals surface area contributed by atoms with Gasteiger partial charge in [0, 0.05) is 38.5 Å². The average Bonchev–Trinajstić information content (AvgIpc) is 3.06. The Balaban J connectivity index is 3.34. The molecule has 0 unspecified atom stereocenters. The van der Waals surface area contributed by atoms with Crippen LogP contribution in [0.1, 0.15) is 245 Å². The van der Waals surface area contributed by atoms with Gasteiger partial charge in [-0.25, -0.2) is 0 Å². The van der Waals surface area contributed by atoms with Gasteiger partial charge in [0.1, 0.15) is 0 Å². The van der Waals surface area contributed by atoms with Crippen LogP contribution in [0, 0.1) is 23.7 Å². The first-order chi connectivity index (χ1) is 23.2. The topological polar surface area (TPSA) is 43.4 Å². The van der Waals surface area contributed by atoms with Gasteiger partial charge in [0.15, 0.2) is 0 Å². The Bertz CT molecular complexity index is 726. The van der Waals surface area contributed by atoms with Crippen molar-refractivity contribution < 1.29 is 14.3 Å². The second kappa shape index (κ2) is 40.4. The molecule has 0 aromatic carbocycles. The Morgan fingerprint density at radius 1 is 0.319 bits per heavy atom. The van der Waals surface area contributed by atoms with Crippen LogP contribution in [-0.2, 0) is 14.3 Å². The average molecular weight is 655 g/mol. The van der Waals surface area contributed by atoms with Crippen molar-refractivity contribution in [1.82, 2.24) is 0 Å². The fourth-order valence-corrected chi connectivity index (χ4v) is 6.01. The van der Waals surface area contributed by atoms with Crippen LogP contribution in [0.3, 0.4) is 0 Å². The fraction of sp³-hybridized carbons (Fsp3) is 0.864. The molecule has 272 valence electrons. The van der Waals surface area contributed by atoms with Crippen LogP contribution in [0.5, 0.6) is 0 Å². The molecule has 0 fully saturated rings. The molecule has 0 radical (unpaired) electrons. The monoisotopic (exact) mass is 655 g/mol. The fourth-order valence-electron chi connectivity index (χ4n) is 6.01. The maximum absolute atomic E-state index is 12.0. The Morgan fingerprint density at radius 2 is 0.532 bits per heavy atom. The van der Waals surface area contributed by atoms with Crippen molar-refractivity contribution >= 4 is 11.9 Å². The van der Waals surface area contributed by atoms with Crippen LogP contribution < -0.4 is 0 Å². The van der Waals surface area contributed by atoms with Crippen LogP contribution in [0.25, 0.3) is 0 Å². The molecule has 0 saturated carbocycles. The van der Waals surface area contributed by atoms with Crippen LogP contribution in [0.15, 0.2) is 0 Å². The summed E-state index contributed by atoms with van der Waals surface area (Å²) in [5.41, 5.74) is 0. The highest BCUT2D eigenvalue weighted by Crippen LogP contribution is 2.14. The van der Waals surface area contributed by atoms with Crippen LogP contribution in [-0.4, -0.2) is 11.9 Å². The van der Waals surface area contributed by atoms with Gasteiger partial charge >= 0.3 is 11.9 Å². The summed E-state index contributed by atoms with van der Waals surface area (Å²) in [5.74, 6) is 12.7. The number of hydrogen-bond donors (Lipinski definition) is 0. The molecule has 0 heterocycles. The maximum atomic E-state index is 12.0. The summed E-state index contributed by atoms with van der Waals surface area (Å²) in [7, 11) is 0. The van der Waals surface area contributed by atoms with Crippen LogP contribution in [0.4, 0.5) is 0 Å². The number of hydrogen-bond acceptors (Lipinski definition) is 3. The van der Waals surface area contributed by atoms with Gasteiger partial charge in [-0.3, -0.25) is 9.59 Å². The van der Waals surface area contributed by atoms with E-state index in [1.807, 2.05) is 0 Å². The molecule has 0 aliphatic heterocycles. The summed E-state index contributed by atoms with van der Waals surface area (Å²) >= 11 is 0. The van der Waals surface area contributed by atoms with E-state index >= 15 is 0 Å². The van der Waals surface area contributed by atoms with E-state index in [-0.39, 0.29) is 11.9 Å². The summed E-state index contributed by atoms with van der Waals surface area (Å²) in [6, 6.07) is 0. The summed E-state index contributed by atoms with van der Waals surface area (Å²) in [6.45, 7) is 4.53. The highest BCUT2D eigenvalue weighted by atomic mass is 16.6. The van der Waals surface area contributed by atoms with Gasteiger partial charge in [-0.2, -0.15) is 0 Å². The quantitative estimate of drug-likeness (QED) is 0.0300. The number of rotatable bonds is 34. The number of ether oxygens (including phenoxy) is 1. The molecule has 0 aromatic heterocycles. The van der Waals surface area contributed by atoms with E-state index in [9.17, 15) is 9.59 Å². The van der Waals surface area contributed by atoms with Gasteiger partial charge in [0.2, 0.25) is 0 Å². The zero-order chi connectivity index (χ0) is 34.1. The molecule has 0 aliphatic rings. The van der Waals surface area contributed by atoms with E-state index in [0.717, 1.165) is 51.4 Å². The van der Waals surface area contributed by atoms with Crippen LogP contribution in [0.2, 0.25) is 0 Å². The summed E-state index contributed by atoms with van der Waals surface area (Å²) < 4.78 is 5.03. The predicted octanol–water partition coefficient (Wildman–Crippen LogP) is 14.1.